The molecule has 2 rings (SSSR count). The molecule has 0 saturated carbocycles. The maximum atomic E-state index is 12.1. The fourth-order valence-corrected chi connectivity index (χ4v) is 2.29. The van der Waals surface area contributed by atoms with Gasteiger partial charge >= 0.3 is 0 Å². The van der Waals surface area contributed by atoms with Crippen LogP contribution in [0, 0.1) is 6.92 Å². The van der Waals surface area contributed by atoms with Gasteiger partial charge in [0.15, 0.2) is 5.82 Å². The molecule has 1 amide bonds. The van der Waals surface area contributed by atoms with Gasteiger partial charge in [-0.05, 0) is 20.4 Å². The van der Waals surface area contributed by atoms with Crippen molar-refractivity contribution >= 4 is 11.7 Å². The maximum absolute atomic E-state index is 12.1. The van der Waals surface area contributed by atoms with Crippen LogP contribution < -0.4 is 5.32 Å². The lowest BCUT2D eigenvalue weighted by Gasteiger charge is -2.36. The number of aromatic nitrogens is 1. The van der Waals surface area contributed by atoms with Crippen molar-refractivity contribution in [3.8, 4) is 0 Å². The lowest BCUT2D eigenvalue weighted by atomic mass is 10.2. The Kier molecular flexibility index (Phi) is 4.55. The first-order chi connectivity index (χ1) is 9.10. The molecular formula is C13H22N4O2. The van der Waals surface area contributed by atoms with Gasteiger partial charge < -0.3 is 14.7 Å². The van der Waals surface area contributed by atoms with E-state index in [1.807, 2.05) is 6.92 Å². The van der Waals surface area contributed by atoms with Crippen LogP contribution in [0.2, 0.25) is 0 Å². The number of rotatable bonds is 4. The number of carbonyl (C=O) groups excluding carboxylic acids is 1. The summed E-state index contributed by atoms with van der Waals surface area (Å²) in [5.41, 5.74) is 0. The molecule has 0 unspecified atom stereocenters. The number of likely N-dealkylation sites (N-methyl/N-ethyl adjacent to an activating group) is 1. The average molecular weight is 266 g/mol. The second kappa shape index (κ2) is 6.16. The zero-order valence-corrected chi connectivity index (χ0v) is 11.8. The van der Waals surface area contributed by atoms with Gasteiger partial charge in [0.2, 0.25) is 5.91 Å². The molecule has 1 fully saturated rings. The summed E-state index contributed by atoms with van der Waals surface area (Å²) in [4.78, 5) is 16.7. The Morgan fingerprint density at radius 3 is 2.68 bits per heavy atom. The highest BCUT2D eigenvalue weighted by molar-refractivity contribution is 5.93. The van der Waals surface area contributed by atoms with Crippen LogP contribution in [-0.4, -0.2) is 59.6 Å². The number of nitrogens with zero attached hydrogens (tertiary/aromatic N) is 3. The molecular weight excluding hydrogens is 244 g/mol. The summed E-state index contributed by atoms with van der Waals surface area (Å²) in [5, 5.41) is 6.56. The van der Waals surface area contributed by atoms with Gasteiger partial charge in [-0.1, -0.05) is 12.1 Å². The molecule has 2 heterocycles. The van der Waals surface area contributed by atoms with E-state index in [1.54, 1.807) is 13.0 Å². The monoisotopic (exact) mass is 266 g/mol. The number of anilines is 1. The minimum absolute atomic E-state index is 0.0294. The lowest BCUT2D eigenvalue weighted by molar-refractivity contribution is -0.121. The fourth-order valence-electron chi connectivity index (χ4n) is 2.29. The lowest BCUT2D eigenvalue weighted by Crippen LogP contribution is -2.52. The molecule has 1 saturated heterocycles. The standard InChI is InChI=1S/C13H22N4O2/c1-4-16-5-7-17(8-6-16)11(3)13(18)14-12-9-10(2)19-15-12/h9,11H,4-8H2,1-3H3,(H,14,15,18)/t11-/m1/s1. The van der Waals surface area contributed by atoms with E-state index in [4.69, 9.17) is 4.52 Å². The second-order valence-electron chi connectivity index (χ2n) is 4.96. The van der Waals surface area contributed by atoms with Crippen molar-refractivity contribution in [3.05, 3.63) is 11.8 Å². The van der Waals surface area contributed by atoms with E-state index in [9.17, 15) is 4.79 Å². The molecule has 0 radical (unpaired) electrons. The Bertz CT molecular complexity index is 424. The molecule has 6 heteroatoms. The highest BCUT2D eigenvalue weighted by Gasteiger charge is 2.25. The van der Waals surface area contributed by atoms with Gasteiger partial charge in [-0.3, -0.25) is 9.69 Å². The Morgan fingerprint density at radius 2 is 2.16 bits per heavy atom. The van der Waals surface area contributed by atoms with Gasteiger partial charge in [0.1, 0.15) is 5.76 Å². The Morgan fingerprint density at radius 1 is 1.47 bits per heavy atom. The van der Waals surface area contributed by atoms with E-state index in [1.165, 1.54) is 0 Å². The van der Waals surface area contributed by atoms with Gasteiger partial charge in [-0.25, -0.2) is 0 Å². The predicted octanol–water partition coefficient (Wildman–Crippen LogP) is 0.948. The molecule has 0 spiro atoms. The van der Waals surface area contributed by atoms with Crippen LogP contribution in [0.4, 0.5) is 5.82 Å². The van der Waals surface area contributed by atoms with Crippen LogP contribution in [0.15, 0.2) is 10.6 Å². The first kappa shape index (κ1) is 14.0. The summed E-state index contributed by atoms with van der Waals surface area (Å²) in [7, 11) is 0. The smallest absolute Gasteiger partial charge is 0.242 e. The van der Waals surface area contributed by atoms with E-state index >= 15 is 0 Å². The molecule has 1 atom stereocenters. The minimum Gasteiger partial charge on any atom is -0.360 e. The second-order valence-corrected chi connectivity index (χ2v) is 4.96. The first-order valence-corrected chi connectivity index (χ1v) is 6.80. The quantitative estimate of drug-likeness (QED) is 0.879. The number of piperazine rings is 1. The molecule has 106 valence electrons. The number of carbonyl (C=O) groups is 1. The van der Waals surface area contributed by atoms with Crippen molar-refractivity contribution in [2.24, 2.45) is 0 Å². The normalized spacial score (nSPS) is 19.3. The minimum atomic E-state index is -0.143. The number of hydrogen-bond acceptors (Lipinski definition) is 5. The number of amides is 1. The van der Waals surface area contributed by atoms with Crippen molar-refractivity contribution in [2.75, 3.05) is 38.0 Å². The average Bonchev–Trinajstić information content (AvgIpc) is 2.83. The number of aryl methyl sites for hydroxylation is 1. The van der Waals surface area contributed by atoms with Crippen LogP contribution in [0.5, 0.6) is 0 Å². The van der Waals surface area contributed by atoms with Gasteiger partial charge in [0.05, 0.1) is 6.04 Å². The summed E-state index contributed by atoms with van der Waals surface area (Å²) in [6.07, 6.45) is 0. The van der Waals surface area contributed by atoms with Crippen LogP contribution in [0.3, 0.4) is 0 Å². The molecule has 0 bridgehead atoms. The number of hydrogen-bond donors (Lipinski definition) is 1. The van der Waals surface area contributed by atoms with Gasteiger partial charge in [0.25, 0.3) is 0 Å². The highest BCUT2D eigenvalue weighted by Crippen LogP contribution is 2.11. The topological polar surface area (TPSA) is 61.6 Å². The molecule has 1 aromatic heterocycles. The largest absolute Gasteiger partial charge is 0.360 e. The van der Waals surface area contributed by atoms with E-state index in [0.29, 0.717) is 11.6 Å². The van der Waals surface area contributed by atoms with Gasteiger partial charge in [-0.15, -0.1) is 0 Å². The van der Waals surface area contributed by atoms with Gasteiger partial charge in [-0.2, -0.15) is 0 Å². The van der Waals surface area contributed by atoms with Crippen molar-refractivity contribution < 1.29 is 9.32 Å². The fraction of sp³-hybridized carbons (Fsp3) is 0.692. The first-order valence-electron chi connectivity index (χ1n) is 6.80. The highest BCUT2D eigenvalue weighted by atomic mass is 16.5. The summed E-state index contributed by atoms with van der Waals surface area (Å²) < 4.78 is 4.93. The number of nitrogens with one attached hydrogen (secondary N) is 1. The molecule has 6 nitrogen and oxygen atoms in total. The van der Waals surface area contributed by atoms with Crippen molar-refractivity contribution in [2.45, 2.75) is 26.8 Å². The third kappa shape index (κ3) is 3.54. The Labute approximate surface area is 113 Å². The van der Waals surface area contributed by atoms with Crippen LogP contribution >= 0.6 is 0 Å². The van der Waals surface area contributed by atoms with E-state index in [-0.39, 0.29) is 11.9 Å². The maximum Gasteiger partial charge on any atom is 0.242 e. The third-order valence-electron chi connectivity index (χ3n) is 3.66. The predicted molar refractivity (Wildman–Crippen MR) is 73.0 cm³/mol. The van der Waals surface area contributed by atoms with Crippen LogP contribution in [0.1, 0.15) is 19.6 Å². The summed E-state index contributed by atoms with van der Waals surface area (Å²) in [6.45, 7) is 10.9. The summed E-state index contributed by atoms with van der Waals surface area (Å²) in [6, 6.07) is 1.58. The van der Waals surface area contributed by atoms with Crippen molar-refractivity contribution in [1.29, 1.82) is 0 Å². The van der Waals surface area contributed by atoms with E-state index in [0.717, 1.165) is 32.7 Å². The molecule has 1 aliphatic rings. The third-order valence-corrected chi connectivity index (χ3v) is 3.66. The molecule has 19 heavy (non-hydrogen) atoms. The van der Waals surface area contributed by atoms with Crippen LogP contribution in [-0.2, 0) is 4.79 Å². The molecule has 0 aliphatic carbocycles. The van der Waals surface area contributed by atoms with Crippen LogP contribution in [0.25, 0.3) is 0 Å². The zero-order chi connectivity index (χ0) is 13.8. The molecule has 1 aromatic rings. The molecule has 1 N–H and O–H groups in total. The van der Waals surface area contributed by atoms with E-state index in [2.05, 4.69) is 27.2 Å². The SMILES string of the molecule is CCN1CCN([C@H](C)C(=O)Nc2cc(C)on2)CC1. The molecule has 1 aliphatic heterocycles. The van der Waals surface area contributed by atoms with Crippen molar-refractivity contribution in [3.63, 3.8) is 0 Å². The van der Waals surface area contributed by atoms with E-state index < -0.39 is 0 Å². The van der Waals surface area contributed by atoms with Gasteiger partial charge in [0, 0.05) is 32.2 Å². The molecule has 0 aromatic carbocycles. The van der Waals surface area contributed by atoms with Crippen molar-refractivity contribution in [1.82, 2.24) is 15.0 Å². The Balaban J connectivity index is 1.85. The summed E-state index contributed by atoms with van der Waals surface area (Å²) in [5.74, 6) is 1.15. The summed E-state index contributed by atoms with van der Waals surface area (Å²) >= 11 is 0. The Hall–Kier alpha value is -1.40. The zero-order valence-electron chi connectivity index (χ0n) is 11.8.